The fourth-order valence-electron chi connectivity index (χ4n) is 2.98. The van der Waals surface area contributed by atoms with Gasteiger partial charge in [0.05, 0.1) is 10.9 Å². The van der Waals surface area contributed by atoms with Crippen LogP contribution in [0.15, 0.2) is 71.5 Å². The summed E-state index contributed by atoms with van der Waals surface area (Å²) in [4.78, 5) is 31.3. The molecule has 4 aromatic rings. The maximum atomic E-state index is 12.1. The molecule has 0 fully saturated rings. The second kappa shape index (κ2) is 7.52. The van der Waals surface area contributed by atoms with E-state index < -0.39 is 12.1 Å². The number of benzene rings is 3. The summed E-state index contributed by atoms with van der Waals surface area (Å²) >= 11 is 0. The van der Waals surface area contributed by atoms with Crippen LogP contribution in [-0.2, 0) is 9.53 Å². The maximum Gasteiger partial charge on any atom is 0.344 e. The summed E-state index contributed by atoms with van der Waals surface area (Å²) in [5.41, 5.74) is 0.285. The van der Waals surface area contributed by atoms with Gasteiger partial charge in [-0.2, -0.15) is 0 Å². The number of ether oxygens (including phenoxy) is 2. The number of para-hydroxylation sites is 1. The molecule has 0 aliphatic heterocycles. The largest absolute Gasteiger partial charge is 0.482 e. The summed E-state index contributed by atoms with van der Waals surface area (Å²) < 4.78 is 10.9. The molecule has 28 heavy (non-hydrogen) atoms. The Balaban J connectivity index is 1.42. The van der Waals surface area contributed by atoms with Gasteiger partial charge < -0.3 is 14.5 Å². The Hall–Kier alpha value is -3.67. The van der Waals surface area contributed by atoms with Gasteiger partial charge in [-0.15, -0.1) is 0 Å². The van der Waals surface area contributed by atoms with Crippen molar-refractivity contribution in [3.8, 4) is 5.75 Å². The third kappa shape index (κ3) is 3.71. The van der Waals surface area contributed by atoms with Crippen LogP contribution in [0.25, 0.3) is 21.7 Å². The molecule has 0 amide bonds. The van der Waals surface area contributed by atoms with Crippen molar-refractivity contribution in [2.45, 2.75) is 13.0 Å². The number of rotatable bonds is 5. The lowest BCUT2D eigenvalue weighted by Crippen LogP contribution is -2.20. The van der Waals surface area contributed by atoms with Crippen LogP contribution in [0.4, 0.5) is 0 Å². The zero-order valence-electron chi connectivity index (χ0n) is 15.2. The van der Waals surface area contributed by atoms with Gasteiger partial charge in [-0.1, -0.05) is 42.5 Å². The number of fused-ring (bicyclic) bond motifs is 2. The second-order valence-electron chi connectivity index (χ2n) is 6.40. The van der Waals surface area contributed by atoms with Crippen LogP contribution in [-0.4, -0.2) is 22.5 Å². The Morgan fingerprint density at radius 1 is 1.04 bits per heavy atom. The van der Waals surface area contributed by atoms with Crippen molar-refractivity contribution < 1.29 is 14.3 Å². The van der Waals surface area contributed by atoms with Gasteiger partial charge in [0.25, 0.3) is 5.56 Å². The lowest BCUT2D eigenvalue weighted by Gasteiger charge is -2.13. The summed E-state index contributed by atoms with van der Waals surface area (Å²) in [6.07, 6.45) is -0.704. The number of aromatic amines is 1. The average Bonchev–Trinajstić information content (AvgIpc) is 2.72. The normalized spacial score (nSPS) is 12.0. The van der Waals surface area contributed by atoms with E-state index in [1.54, 1.807) is 37.3 Å². The SMILES string of the molecule is C[C@H](OC(=O)COc1ccc2ccccc2c1)c1nc2ccccc2c(=O)[nH]1. The highest BCUT2D eigenvalue weighted by Gasteiger charge is 2.16. The number of hydrogen-bond acceptors (Lipinski definition) is 5. The highest BCUT2D eigenvalue weighted by atomic mass is 16.6. The molecule has 0 radical (unpaired) electrons. The van der Waals surface area contributed by atoms with E-state index in [1.165, 1.54) is 0 Å². The quantitative estimate of drug-likeness (QED) is 0.538. The van der Waals surface area contributed by atoms with Gasteiger partial charge in [-0.25, -0.2) is 9.78 Å². The first-order valence-electron chi connectivity index (χ1n) is 8.90. The fourth-order valence-corrected chi connectivity index (χ4v) is 2.98. The first-order chi connectivity index (χ1) is 13.6. The minimum atomic E-state index is -0.704. The second-order valence-corrected chi connectivity index (χ2v) is 6.40. The van der Waals surface area contributed by atoms with Gasteiger partial charge in [0, 0.05) is 0 Å². The Kier molecular flexibility index (Phi) is 4.76. The maximum absolute atomic E-state index is 12.1. The number of nitrogens with zero attached hydrogens (tertiary/aromatic N) is 1. The first kappa shape index (κ1) is 17.7. The van der Waals surface area contributed by atoms with E-state index in [1.807, 2.05) is 36.4 Å². The Morgan fingerprint density at radius 2 is 1.79 bits per heavy atom. The number of H-pyrrole nitrogens is 1. The lowest BCUT2D eigenvalue weighted by molar-refractivity contribution is -0.151. The molecule has 0 saturated carbocycles. The van der Waals surface area contributed by atoms with E-state index in [9.17, 15) is 9.59 Å². The van der Waals surface area contributed by atoms with Crippen LogP contribution in [0.2, 0.25) is 0 Å². The summed E-state index contributed by atoms with van der Waals surface area (Å²) in [5, 5.41) is 2.61. The van der Waals surface area contributed by atoms with E-state index in [2.05, 4.69) is 9.97 Å². The molecule has 0 aliphatic rings. The van der Waals surface area contributed by atoms with Crippen LogP contribution >= 0.6 is 0 Å². The van der Waals surface area contributed by atoms with E-state index in [-0.39, 0.29) is 12.2 Å². The Morgan fingerprint density at radius 3 is 2.64 bits per heavy atom. The van der Waals surface area contributed by atoms with E-state index in [0.717, 1.165) is 10.8 Å². The van der Waals surface area contributed by atoms with Crippen LogP contribution in [0.3, 0.4) is 0 Å². The zero-order valence-corrected chi connectivity index (χ0v) is 15.2. The zero-order chi connectivity index (χ0) is 19.5. The van der Waals surface area contributed by atoms with Crippen LogP contribution in [0.1, 0.15) is 18.9 Å². The summed E-state index contributed by atoms with van der Waals surface area (Å²) in [6, 6.07) is 20.5. The molecule has 6 heteroatoms. The van der Waals surface area contributed by atoms with Crippen molar-refractivity contribution >= 4 is 27.6 Å². The molecule has 4 rings (SSSR count). The van der Waals surface area contributed by atoms with Crippen molar-refractivity contribution in [2.24, 2.45) is 0 Å². The molecule has 0 bridgehead atoms. The predicted octanol–water partition coefficient (Wildman–Crippen LogP) is 3.76. The van der Waals surface area contributed by atoms with Gasteiger partial charge in [0.2, 0.25) is 0 Å². The van der Waals surface area contributed by atoms with Crippen LogP contribution in [0.5, 0.6) is 5.75 Å². The standard InChI is InChI=1S/C22H18N2O4/c1-14(21-23-19-9-5-4-8-18(19)22(26)24-21)28-20(25)13-27-17-11-10-15-6-2-3-7-16(15)12-17/h2-12,14H,13H2,1H3,(H,23,24,26)/t14-/m0/s1. The van der Waals surface area contributed by atoms with Crippen LogP contribution < -0.4 is 10.3 Å². The third-order valence-corrected chi connectivity index (χ3v) is 4.40. The lowest BCUT2D eigenvalue weighted by atomic mass is 10.1. The van der Waals surface area contributed by atoms with Crippen molar-refractivity contribution in [3.63, 3.8) is 0 Å². The minimum absolute atomic E-state index is 0.236. The van der Waals surface area contributed by atoms with Gasteiger partial charge in [-0.05, 0) is 42.0 Å². The van der Waals surface area contributed by atoms with E-state index >= 15 is 0 Å². The molecule has 0 unspecified atom stereocenters. The summed E-state index contributed by atoms with van der Waals surface area (Å²) in [7, 11) is 0. The molecular weight excluding hydrogens is 356 g/mol. The number of esters is 1. The topological polar surface area (TPSA) is 81.3 Å². The van der Waals surface area contributed by atoms with Crippen LogP contribution in [0, 0.1) is 0 Å². The first-order valence-corrected chi connectivity index (χ1v) is 8.90. The summed E-state index contributed by atoms with van der Waals surface area (Å²) in [6.45, 7) is 1.42. The molecule has 0 aliphatic carbocycles. The van der Waals surface area contributed by atoms with E-state index in [0.29, 0.717) is 22.5 Å². The molecule has 6 nitrogen and oxygen atoms in total. The van der Waals surface area contributed by atoms with Gasteiger partial charge in [0.1, 0.15) is 5.75 Å². The average molecular weight is 374 g/mol. The highest BCUT2D eigenvalue weighted by Crippen LogP contribution is 2.21. The molecule has 0 spiro atoms. The monoisotopic (exact) mass is 374 g/mol. The van der Waals surface area contributed by atoms with E-state index in [4.69, 9.17) is 9.47 Å². The number of carbonyl (C=O) groups excluding carboxylic acids is 1. The number of carbonyl (C=O) groups is 1. The van der Waals surface area contributed by atoms with Crippen molar-refractivity contribution in [3.05, 3.63) is 82.9 Å². The smallest absolute Gasteiger partial charge is 0.344 e. The summed E-state index contributed by atoms with van der Waals surface area (Å²) in [5.74, 6) is 0.333. The Labute approximate surface area is 160 Å². The van der Waals surface area contributed by atoms with Crippen molar-refractivity contribution in [2.75, 3.05) is 6.61 Å². The van der Waals surface area contributed by atoms with Gasteiger partial charge in [0.15, 0.2) is 18.5 Å². The number of aromatic nitrogens is 2. The van der Waals surface area contributed by atoms with Crippen molar-refractivity contribution in [1.82, 2.24) is 9.97 Å². The van der Waals surface area contributed by atoms with Gasteiger partial charge >= 0.3 is 5.97 Å². The third-order valence-electron chi connectivity index (χ3n) is 4.40. The molecular formula is C22H18N2O4. The number of nitrogens with one attached hydrogen (secondary N) is 1. The molecule has 1 atom stereocenters. The molecule has 140 valence electrons. The predicted molar refractivity (Wildman–Crippen MR) is 106 cm³/mol. The van der Waals surface area contributed by atoms with Gasteiger partial charge in [-0.3, -0.25) is 4.79 Å². The molecule has 0 saturated heterocycles. The van der Waals surface area contributed by atoms with Crippen molar-refractivity contribution in [1.29, 1.82) is 0 Å². The Bertz CT molecular complexity index is 1220. The fraction of sp³-hybridized carbons (Fsp3) is 0.136. The molecule has 1 heterocycles. The highest BCUT2D eigenvalue weighted by molar-refractivity contribution is 5.84. The minimum Gasteiger partial charge on any atom is -0.482 e. The molecule has 3 aromatic carbocycles. The molecule has 1 aromatic heterocycles. The molecule has 1 N–H and O–H groups in total. The number of hydrogen-bond donors (Lipinski definition) is 1.